The van der Waals surface area contributed by atoms with Gasteiger partial charge in [-0.1, -0.05) is 0 Å². The number of rotatable bonds is 3. The average molecular weight is 265 g/mol. The van der Waals surface area contributed by atoms with Crippen LogP contribution in [0.4, 0.5) is 8.78 Å². The zero-order chi connectivity index (χ0) is 10.7. The van der Waals surface area contributed by atoms with Gasteiger partial charge in [0, 0.05) is 18.3 Å². The lowest BCUT2D eigenvalue weighted by Gasteiger charge is -2.10. The third-order valence-electron chi connectivity index (χ3n) is 1.76. The van der Waals surface area contributed by atoms with Crippen LogP contribution in [0.15, 0.2) is 10.8 Å². The average Bonchev–Trinajstić information content (AvgIpc) is 2.16. The monoisotopic (exact) mass is 264 g/mol. The van der Waals surface area contributed by atoms with E-state index in [4.69, 9.17) is 5.73 Å². The number of hydrogen-bond donors (Lipinski definition) is 1. The number of nitrogens with two attached hydrogens (primary N) is 1. The summed E-state index contributed by atoms with van der Waals surface area (Å²) < 4.78 is 25.1. The number of hydrogen-bond acceptors (Lipinski definition) is 3. The summed E-state index contributed by atoms with van der Waals surface area (Å²) in [6, 6.07) is 0. The summed E-state index contributed by atoms with van der Waals surface area (Å²) in [4.78, 5) is 14.1. The first-order valence-electron chi connectivity index (χ1n) is 3.72. The Kier molecular flexibility index (Phi) is 3.65. The highest BCUT2D eigenvalue weighted by atomic mass is 79.9. The highest BCUT2D eigenvalue weighted by molar-refractivity contribution is 9.10. The van der Waals surface area contributed by atoms with E-state index in [-0.39, 0.29) is 27.8 Å². The first-order chi connectivity index (χ1) is 6.61. The first kappa shape index (κ1) is 11.2. The van der Waals surface area contributed by atoms with E-state index in [9.17, 15) is 13.6 Å². The van der Waals surface area contributed by atoms with Crippen LogP contribution < -0.4 is 5.73 Å². The highest BCUT2D eigenvalue weighted by Gasteiger charge is 2.19. The fourth-order valence-electron chi connectivity index (χ4n) is 1.10. The minimum Gasteiger partial charge on any atom is -0.326 e. The summed E-state index contributed by atoms with van der Waals surface area (Å²) in [6.07, 6.45) is -1.02. The second-order valence-electron chi connectivity index (χ2n) is 2.52. The molecule has 0 aliphatic heterocycles. The van der Waals surface area contributed by atoms with Crippen LogP contribution in [0.1, 0.15) is 27.9 Å². The molecule has 1 aromatic heterocycles. The standard InChI is InChI=1S/C8H7BrF2N2O/c9-7-6(8(10)11)5(1-12)4(3-14)2-13-7/h2-3,8H,1,12H2. The van der Waals surface area contributed by atoms with E-state index in [1.807, 2.05) is 0 Å². The van der Waals surface area contributed by atoms with E-state index in [1.54, 1.807) is 0 Å². The van der Waals surface area contributed by atoms with Gasteiger partial charge in [-0.25, -0.2) is 13.8 Å². The fraction of sp³-hybridized carbons (Fsp3) is 0.250. The molecule has 0 fully saturated rings. The van der Waals surface area contributed by atoms with E-state index in [1.165, 1.54) is 6.20 Å². The number of pyridine rings is 1. The predicted molar refractivity (Wildman–Crippen MR) is 50.2 cm³/mol. The molecule has 0 unspecified atom stereocenters. The van der Waals surface area contributed by atoms with Gasteiger partial charge in [-0.05, 0) is 21.5 Å². The molecule has 0 bridgehead atoms. The Labute approximate surface area is 87.4 Å². The summed E-state index contributed by atoms with van der Waals surface area (Å²) in [5.74, 6) is 0. The number of carbonyl (C=O) groups is 1. The molecular weight excluding hydrogens is 258 g/mol. The Bertz CT molecular complexity index is 357. The number of aromatic nitrogens is 1. The summed E-state index contributed by atoms with van der Waals surface area (Å²) in [7, 11) is 0. The van der Waals surface area contributed by atoms with Crippen molar-refractivity contribution in [1.82, 2.24) is 4.98 Å². The maximum Gasteiger partial charge on any atom is 0.266 e. The molecule has 0 spiro atoms. The number of halogens is 3. The zero-order valence-electron chi connectivity index (χ0n) is 7.01. The Morgan fingerprint density at radius 3 is 2.71 bits per heavy atom. The molecule has 0 amide bonds. The van der Waals surface area contributed by atoms with Gasteiger partial charge >= 0.3 is 0 Å². The normalized spacial score (nSPS) is 10.6. The van der Waals surface area contributed by atoms with Crippen molar-refractivity contribution in [2.75, 3.05) is 0 Å². The Morgan fingerprint density at radius 2 is 2.29 bits per heavy atom. The second-order valence-corrected chi connectivity index (χ2v) is 3.27. The van der Waals surface area contributed by atoms with Gasteiger partial charge in [-0.2, -0.15) is 0 Å². The van der Waals surface area contributed by atoms with Gasteiger partial charge in [0.2, 0.25) is 0 Å². The minimum absolute atomic E-state index is 0.0264. The van der Waals surface area contributed by atoms with Gasteiger partial charge in [0.1, 0.15) is 4.60 Å². The van der Waals surface area contributed by atoms with Gasteiger partial charge in [0.15, 0.2) is 6.29 Å². The van der Waals surface area contributed by atoms with E-state index < -0.39 is 6.43 Å². The number of nitrogens with zero attached hydrogens (tertiary/aromatic N) is 1. The van der Waals surface area contributed by atoms with Crippen molar-refractivity contribution < 1.29 is 13.6 Å². The molecule has 1 aromatic rings. The summed E-state index contributed by atoms with van der Waals surface area (Å²) >= 11 is 2.89. The molecule has 0 atom stereocenters. The molecule has 6 heteroatoms. The van der Waals surface area contributed by atoms with Crippen molar-refractivity contribution in [2.24, 2.45) is 5.73 Å². The molecule has 0 saturated heterocycles. The highest BCUT2D eigenvalue weighted by Crippen LogP contribution is 2.30. The van der Waals surface area contributed by atoms with Gasteiger partial charge in [0.05, 0.1) is 5.56 Å². The topological polar surface area (TPSA) is 56.0 Å². The molecule has 0 aromatic carbocycles. The summed E-state index contributed by atoms with van der Waals surface area (Å²) in [5.41, 5.74) is 5.22. The Balaban J connectivity index is 3.42. The molecule has 0 aliphatic carbocycles. The van der Waals surface area contributed by atoms with Crippen LogP contribution in [-0.4, -0.2) is 11.3 Å². The smallest absolute Gasteiger partial charge is 0.266 e. The largest absolute Gasteiger partial charge is 0.326 e. The second kappa shape index (κ2) is 4.56. The van der Waals surface area contributed by atoms with E-state index in [0.717, 1.165) is 0 Å². The molecule has 14 heavy (non-hydrogen) atoms. The fourth-order valence-corrected chi connectivity index (χ4v) is 1.62. The minimum atomic E-state index is -2.70. The van der Waals surface area contributed by atoms with E-state index in [2.05, 4.69) is 20.9 Å². The SMILES string of the molecule is NCc1c(C=O)cnc(Br)c1C(F)F. The molecular formula is C8H7BrF2N2O. The maximum atomic E-state index is 12.6. The lowest BCUT2D eigenvalue weighted by atomic mass is 10.1. The third-order valence-corrected chi connectivity index (χ3v) is 2.39. The lowest BCUT2D eigenvalue weighted by molar-refractivity contribution is 0.112. The molecule has 1 rings (SSSR count). The maximum absolute atomic E-state index is 12.6. The van der Waals surface area contributed by atoms with Crippen molar-refractivity contribution in [1.29, 1.82) is 0 Å². The van der Waals surface area contributed by atoms with Crippen LogP contribution >= 0.6 is 15.9 Å². The molecule has 3 nitrogen and oxygen atoms in total. The Morgan fingerprint density at radius 1 is 1.64 bits per heavy atom. The van der Waals surface area contributed by atoms with Crippen molar-refractivity contribution in [2.45, 2.75) is 13.0 Å². The van der Waals surface area contributed by atoms with Crippen molar-refractivity contribution >= 4 is 22.2 Å². The van der Waals surface area contributed by atoms with Gasteiger partial charge in [-0.15, -0.1) is 0 Å². The van der Waals surface area contributed by atoms with Crippen LogP contribution in [0.3, 0.4) is 0 Å². The van der Waals surface area contributed by atoms with Crippen LogP contribution in [0.25, 0.3) is 0 Å². The van der Waals surface area contributed by atoms with Crippen LogP contribution in [0.2, 0.25) is 0 Å². The molecule has 0 aliphatic rings. The predicted octanol–water partition coefficient (Wildman–Crippen LogP) is 2.05. The first-order valence-corrected chi connectivity index (χ1v) is 4.51. The van der Waals surface area contributed by atoms with Crippen molar-refractivity contribution in [3.8, 4) is 0 Å². The number of alkyl halides is 2. The number of carbonyl (C=O) groups excluding carboxylic acids is 1. The van der Waals surface area contributed by atoms with Crippen molar-refractivity contribution in [3.05, 3.63) is 27.5 Å². The summed E-state index contributed by atoms with van der Waals surface area (Å²) in [6.45, 7) is -0.116. The molecule has 76 valence electrons. The number of aldehydes is 1. The van der Waals surface area contributed by atoms with Gasteiger partial charge in [-0.3, -0.25) is 4.79 Å². The third kappa shape index (κ3) is 1.96. The van der Waals surface area contributed by atoms with Gasteiger partial charge < -0.3 is 5.73 Å². The van der Waals surface area contributed by atoms with E-state index in [0.29, 0.717) is 6.29 Å². The summed E-state index contributed by atoms with van der Waals surface area (Å²) in [5, 5.41) is 0. The Hall–Kier alpha value is -0.880. The quantitative estimate of drug-likeness (QED) is 0.672. The van der Waals surface area contributed by atoms with E-state index >= 15 is 0 Å². The zero-order valence-corrected chi connectivity index (χ0v) is 8.59. The molecule has 0 radical (unpaired) electrons. The van der Waals surface area contributed by atoms with Crippen LogP contribution in [0.5, 0.6) is 0 Å². The van der Waals surface area contributed by atoms with Crippen molar-refractivity contribution in [3.63, 3.8) is 0 Å². The molecule has 0 saturated carbocycles. The van der Waals surface area contributed by atoms with Crippen LogP contribution in [-0.2, 0) is 6.54 Å². The lowest BCUT2D eigenvalue weighted by Crippen LogP contribution is -2.08. The van der Waals surface area contributed by atoms with Gasteiger partial charge in [0.25, 0.3) is 6.43 Å². The molecule has 2 N–H and O–H groups in total. The van der Waals surface area contributed by atoms with Crippen LogP contribution in [0, 0.1) is 0 Å². The molecule has 1 heterocycles.